The van der Waals surface area contributed by atoms with Gasteiger partial charge in [-0.15, -0.1) is 0 Å². The van der Waals surface area contributed by atoms with E-state index in [9.17, 15) is 13.5 Å². The molecule has 1 fully saturated rings. The minimum Gasteiger partial charge on any atom is -0.391 e. The second-order valence-electron chi connectivity index (χ2n) is 4.75. The number of aliphatic hydroxyl groups excluding tert-OH is 1. The smallest absolute Gasteiger partial charge is 0.243 e. The van der Waals surface area contributed by atoms with Gasteiger partial charge in [-0.3, -0.25) is 0 Å². The van der Waals surface area contributed by atoms with Crippen LogP contribution in [0, 0.1) is 0 Å². The summed E-state index contributed by atoms with van der Waals surface area (Å²) in [5, 5.41) is 9.94. The lowest BCUT2D eigenvalue weighted by Gasteiger charge is -2.34. The molecule has 0 saturated heterocycles. The molecule has 2 atom stereocenters. The Morgan fingerprint density at radius 2 is 1.78 bits per heavy atom. The topological polar surface area (TPSA) is 57.6 Å². The van der Waals surface area contributed by atoms with Crippen LogP contribution in [-0.4, -0.2) is 37.0 Å². The number of rotatable bonds is 3. The van der Waals surface area contributed by atoms with Crippen molar-refractivity contribution in [3.63, 3.8) is 0 Å². The Morgan fingerprint density at radius 1 is 1.17 bits per heavy atom. The average molecular weight is 269 g/mol. The lowest BCUT2D eigenvalue weighted by Crippen LogP contribution is -2.46. The maximum absolute atomic E-state index is 12.4. The van der Waals surface area contributed by atoms with Crippen LogP contribution >= 0.6 is 0 Å². The van der Waals surface area contributed by atoms with Crippen LogP contribution in [0.3, 0.4) is 0 Å². The van der Waals surface area contributed by atoms with Crippen molar-refractivity contribution in [3.8, 4) is 0 Å². The maximum atomic E-state index is 12.4. The van der Waals surface area contributed by atoms with Crippen molar-refractivity contribution < 1.29 is 13.5 Å². The van der Waals surface area contributed by atoms with E-state index < -0.39 is 16.1 Å². The Bertz CT molecular complexity index is 486. The number of hydrogen-bond donors (Lipinski definition) is 1. The van der Waals surface area contributed by atoms with Gasteiger partial charge in [-0.25, -0.2) is 8.42 Å². The highest BCUT2D eigenvalue weighted by Crippen LogP contribution is 2.26. The maximum Gasteiger partial charge on any atom is 0.243 e. The van der Waals surface area contributed by atoms with Crippen molar-refractivity contribution >= 4 is 10.0 Å². The summed E-state index contributed by atoms with van der Waals surface area (Å²) in [6, 6.07) is 8.07. The largest absolute Gasteiger partial charge is 0.391 e. The molecule has 1 aliphatic rings. The zero-order valence-corrected chi connectivity index (χ0v) is 11.3. The summed E-state index contributed by atoms with van der Waals surface area (Å²) in [5.74, 6) is 0. The predicted molar refractivity (Wildman–Crippen MR) is 69.7 cm³/mol. The normalized spacial score (nSPS) is 25.3. The van der Waals surface area contributed by atoms with Gasteiger partial charge in [0, 0.05) is 7.05 Å². The summed E-state index contributed by atoms with van der Waals surface area (Å²) in [6.07, 6.45) is 2.79. The molecule has 4 nitrogen and oxygen atoms in total. The number of nitrogens with zero attached hydrogens (tertiary/aromatic N) is 1. The minimum atomic E-state index is -3.50. The molecule has 1 aliphatic carbocycles. The van der Waals surface area contributed by atoms with Crippen molar-refractivity contribution in [3.05, 3.63) is 30.3 Å². The van der Waals surface area contributed by atoms with E-state index in [0.29, 0.717) is 6.42 Å². The number of aliphatic hydroxyl groups is 1. The van der Waals surface area contributed by atoms with Gasteiger partial charge in [0.2, 0.25) is 10.0 Å². The van der Waals surface area contributed by atoms with Crippen LogP contribution < -0.4 is 0 Å². The third-order valence-corrected chi connectivity index (χ3v) is 5.48. The molecule has 1 N–H and O–H groups in total. The number of benzene rings is 1. The van der Waals surface area contributed by atoms with E-state index >= 15 is 0 Å². The zero-order chi connectivity index (χ0) is 13.2. The van der Waals surface area contributed by atoms with Crippen LogP contribution in [0.4, 0.5) is 0 Å². The summed E-state index contributed by atoms with van der Waals surface area (Å²) in [6.45, 7) is 0. The Kier molecular flexibility index (Phi) is 4.04. The Balaban J connectivity index is 2.25. The van der Waals surface area contributed by atoms with Crippen molar-refractivity contribution in [2.75, 3.05) is 7.05 Å². The fraction of sp³-hybridized carbons (Fsp3) is 0.538. The zero-order valence-electron chi connectivity index (χ0n) is 10.5. The Hall–Kier alpha value is -0.910. The molecule has 0 bridgehead atoms. The molecule has 2 unspecified atom stereocenters. The molecule has 5 heteroatoms. The summed E-state index contributed by atoms with van der Waals surface area (Å²) in [5.41, 5.74) is 0. The van der Waals surface area contributed by atoms with Crippen molar-refractivity contribution in [2.24, 2.45) is 0 Å². The van der Waals surface area contributed by atoms with Gasteiger partial charge in [-0.2, -0.15) is 4.31 Å². The van der Waals surface area contributed by atoms with E-state index in [1.807, 2.05) is 0 Å². The predicted octanol–water partition coefficient (Wildman–Crippen LogP) is 1.61. The summed E-state index contributed by atoms with van der Waals surface area (Å²) >= 11 is 0. The van der Waals surface area contributed by atoms with Crippen LogP contribution in [-0.2, 0) is 10.0 Å². The van der Waals surface area contributed by atoms with Crippen LogP contribution in [0.1, 0.15) is 25.7 Å². The molecule has 0 amide bonds. The average Bonchev–Trinajstić information content (AvgIpc) is 2.39. The highest BCUT2D eigenvalue weighted by atomic mass is 32.2. The lowest BCUT2D eigenvalue weighted by molar-refractivity contribution is 0.0638. The molecule has 100 valence electrons. The molecular formula is C13H19NO3S. The van der Waals surface area contributed by atoms with Crippen LogP contribution in [0.5, 0.6) is 0 Å². The van der Waals surface area contributed by atoms with Gasteiger partial charge >= 0.3 is 0 Å². The van der Waals surface area contributed by atoms with Crippen LogP contribution in [0.15, 0.2) is 35.2 Å². The first-order chi connectivity index (χ1) is 8.53. The Morgan fingerprint density at radius 3 is 2.39 bits per heavy atom. The highest BCUT2D eigenvalue weighted by molar-refractivity contribution is 7.89. The molecule has 1 aromatic rings. The first-order valence-electron chi connectivity index (χ1n) is 6.24. The fourth-order valence-corrected chi connectivity index (χ4v) is 3.89. The van der Waals surface area contributed by atoms with Crippen LogP contribution in [0.25, 0.3) is 0 Å². The monoisotopic (exact) mass is 269 g/mol. The van der Waals surface area contributed by atoms with Crippen molar-refractivity contribution in [1.29, 1.82) is 0 Å². The van der Waals surface area contributed by atoms with Crippen molar-refractivity contribution in [2.45, 2.75) is 42.7 Å². The quantitative estimate of drug-likeness (QED) is 0.907. The summed E-state index contributed by atoms with van der Waals surface area (Å²) in [4.78, 5) is 0.283. The van der Waals surface area contributed by atoms with E-state index in [0.717, 1.165) is 19.3 Å². The summed E-state index contributed by atoms with van der Waals surface area (Å²) in [7, 11) is -1.94. The van der Waals surface area contributed by atoms with Crippen molar-refractivity contribution in [1.82, 2.24) is 4.31 Å². The number of likely N-dealkylation sites (N-methyl/N-ethyl adjacent to an activating group) is 1. The molecular weight excluding hydrogens is 250 g/mol. The highest BCUT2D eigenvalue weighted by Gasteiger charge is 2.33. The Labute approximate surface area is 108 Å². The molecule has 0 aromatic heterocycles. The molecule has 1 aromatic carbocycles. The molecule has 2 rings (SSSR count). The van der Waals surface area contributed by atoms with Gasteiger partial charge in [0.05, 0.1) is 17.0 Å². The van der Waals surface area contributed by atoms with Gasteiger partial charge < -0.3 is 5.11 Å². The van der Waals surface area contributed by atoms with Gasteiger partial charge in [-0.05, 0) is 25.0 Å². The van der Waals surface area contributed by atoms with Gasteiger partial charge in [0.15, 0.2) is 0 Å². The first kappa shape index (κ1) is 13.5. The standard InChI is InChI=1S/C13H19NO3S/c1-14(12-9-5-6-10-13(12)15)18(16,17)11-7-3-2-4-8-11/h2-4,7-8,12-13,15H,5-6,9-10H2,1H3. The van der Waals surface area contributed by atoms with Gasteiger partial charge in [0.1, 0.15) is 0 Å². The van der Waals surface area contributed by atoms with Gasteiger partial charge in [0.25, 0.3) is 0 Å². The fourth-order valence-electron chi connectivity index (χ4n) is 2.45. The molecule has 0 spiro atoms. The van der Waals surface area contributed by atoms with E-state index in [-0.39, 0.29) is 10.9 Å². The first-order valence-corrected chi connectivity index (χ1v) is 7.68. The molecule has 18 heavy (non-hydrogen) atoms. The molecule has 0 heterocycles. The lowest BCUT2D eigenvalue weighted by atomic mass is 9.93. The molecule has 1 saturated carbocycles. The molecule has 0 aliphatic heterocycles. The van der Waals surface area contributed by atoms with Crippen LogP contribution in [0.2, 0.25) is 0 Å². The third kappa shape index (κ3) is 2.58. The second kappa shape index (κ2) is 5.38. The second-order valence-corrected chi connectivity index (χ2v) is 6.75. The van der Waals surface area contributed by atoms with E-state index in [2.05, 4.69) is 0 Å². The molecule has 0 radical (unpaired) electrons. The third-order valence-electron chi connectivity index (χ3n) is 3.58. The number of hydrogen-bond acceptors (Lipinski definition) is 3. The van der Waals surface area contributed by atoms with E-state index in [1.165, 1.54) is 4.31 Å². The van der Waals surface area contributed by atoms with E-state index in [1.54, 1.807) is 37.4 Å². The summed E-state index contributed by atoms with van der Waals surface area (Å²) < 4.78 is 26.1. The number of sulfonamides is 1. The SMILES string of the molecule is CN(C1CCCCC1O)S(=O)(=O)c1ccccc1. The van der Waals surface area contributed by atoms with Gasteiger partial charge in [-0.1, -0.05) is 31.0 Å². The minimum absolute atomic E-state index is 0.283. The van der Waals surface area contributed by atoms with E-state index in [4.69, 9.17) is 0 Å².